The lowest BCUT2D eigenvalue weighted by atomic mass is 10.1. The normalized spacial score (nSPS) is 10.0. The maximum absolute atomic E-state index is 11.7. The lowest BCUT2D eigenvalue weighted by Gasteiger charge is -2.04. The number of rotatable bonds is 4. The third-order valence-electron chi connectivity index (χ3n) is 2.35. The van der Waals surface area contributed by atoms with Gasteiger partial charge in [0.15, 0.2) is 0 Å². The highest BCUT2D eigenvalue weighted by atomic mass is 16.4. The Hall–Kier alpha value is -2.56. The predicted molar refractivity (Wildman–Crippen MR) is 64.4 cm³/mol. The van der Waals surface area contributed by atoms with Gasteiger partial charge in [0.2, 0.25) is 0 Å². The smallest absolute Gasteiger partial charge is 0.307 e. The van der Waals surface area contributed by atoms with Crippen molar-refractivity contribution in [2.24, 2.45) is 0 Å². The van der Waals surface area contributed by atoms with Gasteiger partial charge in [0.25, 0.3) is 5.91 Å². The fourth-order valence-corrected chi connectivity index (χ4v) is 1.48. The Labute approximate surface area is 103 Å². The minimum absolute atomic E-state index is 0.0318. The van der Waals surface area contributed by atoms with Gasteiger partial charge in [-0.05, 0) is 23.8 Å². The standard InChI is InChI=1S/C13H11NO4/c15-12(16)7-9-1-3-11(4-2-9)14-13(17)10-5-6-18-8-10/h1-6,8H,7H2,(H,14,17)(H,15,16). The van der Waals surface area contributed by atoms with Gasteiger partial charge in [-0.1, -0.05) is 12.1 Å². The summed E-state index contributed by atoms with van der Waals surface area (Å²) in [6.45, 7) is 0. The molecule has 0 radical (unpaired) electrons. The van der Waals surface area contributed by atoms with Crippen molar-refractivity contribution < 1.29 is 19.1 Å². The average Bonchev–Trinajstić information content (AvgIpc) is 2.84. The number of furan rings is 1. The summed E-state index contributed by atoms with van der Waals surface area (Å²) in [4.78, 5) is 22.2. The molecule has 0 unspecified atom stereocenters. The zero-order chi connectivity index (χ0) is 13.0. The largest absolute Gasteiger partial charge is 0.481 e. The number of nitrogens with one attached hydrogen (secondary N) is 1. The third-order valence-corrected chi connectivity index (χ3v) is 2.35. The average molecular weight is 245 g/mol. The van der Waals surface area contributed by atoms with Crippen molar-refractivity contribution in [1.82, 2.24) is 0 Å². The Bertz CT molecular complexity index is 543. The molecular weight excluding hydrogens is 234 g/mol. The highest BCUT2D eigenvalue weighted by Crippen LogP contribution is 2.12. The van der Waals surface area contributed by atoms with Crippen molar-refractivity contribution in [3.05, 3.63) is 54.0 Å². The van der Waals surface area contributed by atoms with Gasteiger partial charge >= 0.3 is 5.97 Å². The first-order valence-corrected chi connectivity index (χ1v) is 5.29. The predicted octanol–water partition coefficient (Wildman–Crippen LogP) is 2.16. The molecule has 1 heterocycles. The maximum Gasteiger partial charge on any atom is 0.307 e. The van der Waals surface area contributed by atoms with Gasteiger partial charge in [-0.15, -0.1) is 0 Å². The molecule has 0 bridgehead atoms. The number of anilines is 1. The van der Waals surface area contributed by atoms with E-state index in [2.05, 4.69) is 5.32 Å². The van der Waals surface area contributed by atoms with Crippen LogP contribution in [0.5, 0.6) is 0 Å². The molecule has 18 heavy (non-hydrogen) atoms. The van der Waals surface area contributed by atoms with E-state index in [0.717, 1.165) is 0 Å². The van der Waals surface area contributed by atoms with E-state index >= 15 is 0 Å². The molecule has 1 aromatic heterocycles. The number of aliphatic carboxylic acids is 1. The van der Waals surface area contributed by atoms with E-state index in [1.807, 2.05) is 0 Å². The van der Waals surface area contributed by atoms with Crippen LogP contribution in [0.4, 0.5) is 5.69 Å². The lowest BCUT2D eigenvalue weighted by Crippen LogP contribution is -2.10. The van der Waals surface area contributed by atoms with Crippen LogP contribution >= 0.6 is 0 Å². The second kappa shape index (κ2) is 5.18. The Morgan fingerprint density at radius 2 is 1.89 bits per heavy atom. The highest BCUT2D eigenvalue weighted by molar-refractivity contribution is 6.03. The van der Waals surface area contributed by atoms with Crippen molar-refractivity contribution in [3.63, 3.8) is 0 Å². The first-order chi connectivity index (χ1) is 8.65. The molecule has 0 saturated heterocycles. The molecule has 1 aromatic carbocycles. The molecular formula is C13H11NO4. The fourth-order valence-electron chi connectivity index (χ4n) is 1.48. The van der Waals surface area contributed by atoms with Crippen LogP contribution in [0.2, 0.25) is 0 Å². The molecule has 2 aromatic rings. The molecule has 5 heteroatoms. The molecule has 92 valence electrons. The molecule has 2 N–H and O–H groups in total. The van der Waals surface area contributed by atoms with E-state index < -0.39 is 5.97 Å². The van der Waals surface area contributed by atoms with Gasteiger partial charge in [0.05, 0.1) is 18.2 Å². The quantitative estimate of drug-likeness (QED) is 0.865. The second-order valence-corrected chi connectivity index (χ2v) is 3.73. The zero-order valence-electron chi connectivity index (χ0n) is 9.42. The molecule has 0 saturated carbocycles. The summed E-state index contributed by atoms with van der Waals surface area (Å²) in [5, 5.41) is 11.3. The third kappa shape index (κ3) is 2.98. The summed E-state index contributed by atoms with van der Waals surface area (Å²) in [6, 6.07) is 8.22. The second-order valence-electron chi connectivity index (χ2n) is 3.73. The summed E-state index contributed by atoms with van der Waals surface area (Å²) in [6.07, 6.45) is 2.74. The van der Waals surface area contributed by atoms with Gasteiger partial charge in [-0.2, -0.15) is 0 Å². The Morgan fingerprint density at radius 3 is 2.44 bits per heavy atom. The van der Waals surface area contributed by atoms with Crippen molar-refractivity contribution in [3.8, 4) is 0 Å². The number of hydrogen-bond acceptors (Lipinski definition) is 3. The van der Waals surface area contributed by atoms with E-state index in [0.29, 0.717) is 16.8 Å². The van der Waals surface area contributed by atoms with Crippen molar-refractivity contribution >= 4 is 17.6 Å². The first-order valence-electron chi connectivity index (χ1n) is 5.29. The van der Waals surface area contributed by atoms with E-state index in [1.165, 1.54) is 12.5 Å². The van der Waals surface area contributed by atoms with Crippen LogP contribution in [-0.2, 0) is 11.2 Å². The van der Waals surface area contributed by atoms with E-state index in [-0.39, 0.29) is 12.3 Å². The number of carboxylic acids is 1. The van der Waals surface area contributed by atoms with Crippen LogP contribution in [0.15, 0.2) is 47.3 Å². The van der Waals surface area contributed by atoms with Crippen LogP contribution < -0.4 is 5.32 Å². The number of carbonyl (C=O) groups is 2. The van der Waals surface area contributed by atoms with E-state index in [4.69, 9.17) is 9.52 Å². The zero-order valence-corrected chi connectivity index (χ0v) is 9.42. The molecule has 0 spiro atoms. The van der Waals surface area contributed by atoms with Crippen molar-refractivity contribution in [2.75, 3.05) is 5.32 Å². The van der Waals surface area contributed by atoms with Crippen molar-refractivity contribution in [2.45, 2.75) is 6.42 Å². The summed E-state index contributed by atoms with van der Waals surface area (Å²) in [5.41, 5.74) is 1.73. The van der Waals surface area contributed by atoms with Gasteiger partial charge in [-0.25, -0.2) is 0 Å². The van der Waals surface area contributed by atoms with Crippen LogP contribution in [-0.4, -0.2) is 17.0 Å². The van der Waals surface area contributed by atoms with Crippen LogP contribution in [0.3, 0.4) is 0 Å². The number of hydrogen-bond donors (Lipinski definition) is 2. The highest BCUT2D eigenvalue weighted by Gasteiger charge is 2.07. The summed E-state index contributed by atoms with van der Waals surface area (Å²) >= 11 is 0. The summed E-state index contributed by atoms with van der Waals surface area (Å²) in [5.74, 6) is -1.15. The number of carbonyl (C=O) groups excluding carboxylic acids is 1. The van der Waals surface area contributed by atoms with Gasteiger partial charge in [0, 0.05) is 5.69 Å². The molecule has 0 fully saturated rings. The Kier molecular flexibility index (Phi) is 3.43. The van der Waals surface area contributed by atoms with Gasteiger partial charge in [-0.3, -0.25) is 9.59 Å². The monoisotopic (exact) mass is 245 g/mol. The van der Waals surface area contributed by atoms with Gasteiger partial charge < -0.3 is 14.8 Å². The maximum atomic E-state index is 11.7. The topological polar surface area (TPSA) is 79.5 Å². The SMILES string of the molecule is O=C(O)Cc1ccc(NC(=O)c2ccoc2)cc1. The van der Waals surface area contributed by atoms with Crippen LogP contribution in [0.25, 0.3) is 0 Å². The number of amides is 1. The molecule has 5 nitrogen and oxygen atoms in total. The minimum atomic E-state index is -0.884. The lowest BCUT2D eigenvalue weighted by molar-refractivity contribution is -0.136. The molecule has 0 aliphatic rings. The molecule has 0 atom stereocenters. The first kappa shape index (κ1) is 11.9. The fraction of sp³-hybridized carbons (Fsp3) is 0.0769. The van der Waals surface area contributed by atoms with E-state index in [9.17, 15) is 9.59 Å². The molecule has 0 aliphatic heterocycles. The summed E-state index contributed by atoms with van der Waals surface area (Å²) in [7, 11) is 0. The van der Waals surface area contributed by atoms with Crippen molar-refractivity contribution in [1.29, 1.82) is 0 Å². The minimum Gasteiger partial charge on any atom is -0.481 e. The Morgan fingerprint density at radius 1 is 1.17 bits per heavy atom. The molecule has 1 amide bonds. The van der Waals surface area contributed by atoms with Crippen LogP contribution in [0, 0.1) is 0 Å². The number of carboxylic acid groups (broad SMARTS) is 1. The van der Waals surface area contributed by atoms with E-state index in [1.54, 1.807) is 30.3 Å². The molecule has 0 aliphatic carbocycles. The van der Waals surface area contributed by atoms with Crippen LogP contribution in [0.1, 0.15) is 15.9 Å². The van der Waals surface area contributed by atoms with Gasteiger partial charge in [0.1, 0.15) is 6.26 Å². The number of benzene rings is 1. The molecule has 2 rings (SSSR count). The Balaban J connectivity index is 2.02. The summed E-state index contributed by atoms with van der Waals surface area (Å²) < 4.78 is 4.81.